The van der Waals surface area contributed by atoms with Gasteiger partial charge in [0.1, 0.15) is 22.9 Å². The van der Waals surface area contributed by atoms with Crippen molar-refractivity contribution >= 4 is 10.9 Å². The van der Waals surface area contributed by atoms with Crippen LogP contribution in [0.15, 0.2) is 42.6 Å². The number of hydrogen-bond acceptors (Lipinski definition) is 3. The molecule has 3 rings (SSSR count). The molecule has 0 saturated heterocycles. The van der Waals surface area contributed by atoms with Crippen LogP contribution in [0.1, 0.15) is 0 Å². The smallest absolute Gasteiger partial charge is 0.165 e. The van der Waals surface area contributed by atoms with Gasteiger partial charge in [-0.05, 0) is 18.2 Å². The molecule has 94 valence electrons. The number of hydrogen-bond donors (Lipinski definition) is 1. The average molecular weight is 258 g/mol. The minimum Gasteiger partial charge on any atom is -0.506 e. The Labute approximate surface area is 107 Å². The van der Waals surface area contributed by atoms with Gasteiger partial charge in [-0.25, -0.2) is 18.7 Å². The van der Waals surface area contributed by atoms with Gasteiger partial charge in [-0.1, -0.05) is 18.2 Å². The van der Waals surface area contributed by atoms with E-state index in [1.54, 1.807) is 12.1 Å². The normalized spacial score (nSPS) is 10.8. The fourth-order valence-corrected chi connectivity index (χ4v) is 1.87. The first-order chi connectivity index (χ1) is 9.16. The summed E-state index contributed by atoms with van der Waals surface area (Å²) in [6, 6.07) is 8.35. The minimum atomic E-state index is -0.741. The maximum Gasteiger partial charge on any atom is 0.165 e. The number of rotatable bonds is 1. The number of benzene rings is 2. The van der Waals surface area contributed by atoms with Crippen molar-refractivity contribution in [2.24, 2.45) is 0 Å². The Bertz CT molecular complexity index is 754. The van der Waals surface area contributed by atoms with Gasteiger partial charge in [-0.15, -0.1) is 0 Å². The number of phenols is 1. The zero-order chi connectivity index (χ0) is 13.4. The van der Waals surface area contributed by atoms with Crippen LogP contribution in [0.5, 0.6) is 5.75 Å². The zero-order valence-electron chi connectivity index (χ0n) is 9.64. The van der Waals surface area contributed by atoms with E-state index in [1.807, 2.05) is 0 Å². The van der Waals surface area contributed by atoms with Crippen LogP contribution in [0.2, 0.25) is 0 Å². The standard InChI is InChI=1S/C14H8F2N2O/c15-9-4-2-5-10(16)12(9)14-17-7-8-3-1-6-11(19)13(8)18-14/h1-7,19H. The molecule has 0 bridgehead atoms. The summed E-state index contributed by atoms with van der Waals surface area (Å²) in [7, 11) is 0. The molecule has 1 N–H and O–H groups in total. The molecule has 3 aromatic rings. The van der Waals surface area contributed by atoms with Crippen molar-refractivity contribution in [3.63, 3.8) is 0 Å². The Morgan fingerprint density at radius 2 is 1.63 bits per heavy atom. The molecule has 19 heavy (non-hydrogen) atoms. The Morgan fingerprint density at radius 3 is 2.37 bits per heavy atom. The van der Waals surface area contributed by atoms with Gasteiger partial charge in [0.25, 0.3) is 0 Å². The molecule has 3 nitrogen and oxygen atoms in total. The van der Waals surface area contributed by atoms with E-state index < -0.39 is 11.6 Å². The third-order valence-electron chi connectivity index (χ3n) is 2.78. The first kappa shape index (κ1) is 11.5. The van der Waals surface area contributed by atoms with E-state index >= 15 is 0 Å². The highest BCUT2D eigenvalue weighted by molar-refractivity contribution is 5.84. The quantitative estimate of drug-likeness (QED) is 0.728. The van der Waals surface area contributed by atoms with Crippen molar-refractivity contribution in [1.29, 1.82) is 0 Å². The monoisotopic (exact) mass is 258 g/mol. The summed E-state index contributed by atoms with van der Waals surface area (Å²) in [4.78, 5) is 7.96. The van der Waals surface area contributed by atoms with Gasteiger partial charge in [0, 0.05) is 11.6 Å². The highest BCUT2D eigenvalue weighted by Crippen LogP contribution is 2.27. The molecule has 5 heteroatoms. The maximum atomic E-state index is 13.7. The van der Waals surface area contributed by atoms with Crippen LogP contribution in [0, 0.1) is 11.6 Å². The van der Waals surface area contributed by atoms with Gasteiger partial charge in [0.2, 0.25) is 0 Å². The fraction of sp³-hybridized carbons (Fsp3) is 0. The third-order valence-corrected chi connectivity index (χ3v) is 2.78. The number of aromatic hydroxyl groups is 1. The van der Waals surface area contributed by atoms with Gasteiger partial charge in [-0.2, -0.15) is 0 Å². The highest BCUT2D eigenvalue weighted by atomic mass is 19.1. The lowest BCUT2D eigenvalue weighted by molar-refractivity contribution is 0.480. The largest absolute Gasteiger partial charge is 0.506 e. The second-order valence-corrected chi connectivity index (χ2v) is 4.01. The predicted molar refractivity (Wildman–Crippen MR) is 66.6 cm³/mol. The summed E-state index contributed by atoms with van der Waals surface area (Å²) in [6.45, 7) is 0. The predicted octanol–water partition coefficient (Wildman–Crippen LogP) is 3.28. The summed E-state index contributed by atoms with van der Waals surface area (Å²) in [6.07, 6.45) is 1.42. The Morgan fingerprint density at radius 1 is 0.947 bits per heavy atom. The molecule has 0 saturated carbocycles. The molecule has 0 spiro atoms. The SMILES string of the molecule is Oc1cccc2cnc(-c3c(F)cccc3F)nc12. The number of para-hydroxylation sites is 1. The Balaban J connectivity index is 2.29. The van der Waals surface area contributed by atoms with Crippen LogP contribution in [0.25, 0.3) is 22.3 Å². The molecule has 0 atom stereocenters. The molecule has 0 unspecified atom stereocenters. The first-order valence-corrected chi connectivity index (χ1v) is 5.56. The summed E-state index contributed by atoms with van der Waals surface area (Å²) in [5, 5.41) is 10.3. The van der Waals surface area contributed by atoms with Gasteiger partial charge < -0.3 is 5.11 Å². The van der Waals surface area contributed by atoms with Crippen LogP contribution in [-0.2, 0) is 0 Å². The molecule has 0 aliphatic heterocycles. The molecule has 1 aromatic heterocycles. The molecule has 0 aliphatic carbocycles. The van der Waals surface area contributed by atoms with E-state index in [4.69, 9.17) is 0 Å². The number of nitrogens with zero attached hydrogens (tertiary/aromatic N) is 2. The minimum absolute atomic E-state index is 0.0575. The van der Waals surface area contributed by atoms with Crippen molar-refractivity contribution in [3.8, 4) is 17.1 Å². The summed E-state index contributed by atoms with van der Waals surface area (Å²) < 4.78 is 27.3. The van der Waals surface area contributed by atoms with Crippen LogP contribution in [0.3, 0.4) is 0 Å². The molecule has 0 radical (unpaired) electrons. The molecule has 0 amide bonds. The van der Waals surface area contributed by atoms with Crippen molar-refractivity contribution in [1.82, 2.24) is 9.97 Å². The van der Waals surface area contributed by atoms with E-state index in [1.165, 1.54) is 18.3 Å². The Kier molecular flexibility index (Phi) is 2.59. The fourth-order valence-electron chi connectivity index (χ4n) is 1.87. The van der Waals surface area contributed by atoms with E-state index in [2.05, 4.69) is 9.97 Å². The average Bonchev–Trinajstić information content (AvgIpc) is 2.39. The second-order valence-electron chi connectivity index (χ2n) is 4.01. The van der Waals surface area contributed by atoms with Gasteiger partial charge in [0.15, 0.2) is 5.82 Å². The molecule has 2 aromatic carbocycles. The summed E-state index contributed by atoms with van der Waals surface area (Å²) in [5.74, 6) is -1.63. The summed E-state index contributed by atoms with van der Waals surface area (Å²) in [5.41, 5.74) is -0.0391. The molecular formula is C14H8F2N2O. The lowest BCUT2D eigenvalue weighted by Gasteiger charge is -2.05. The third kappa shape index (κ3) is 1.89. The second kappa shape index (κ2) is 4.28. The lowest BCUT2D eigenvalue weighted by Crippen LogP contribution is -1.96. The van der Waals surface area contributed by atoms with Crippen LogP contribution in [0.4, 0.5) is 8.78 Å². The van der Waals surface area contributed by atoms with E-state index in [-0.39, 0.29) is 22.7 Å². The molecule has 0 aliphatic rings. The molecular weight excluding hydrogens is 250 g/mol. The number of fused-ring (bicyclic) bond motifs is 1. The van der Waals surface area contributed by atoms with Crippen LogP contribution < -0.4 is 0 Å². The molecule has 1 heterocycles. The van der Waals surface area contributed by atoms with Gasteiger partial charge in [-0.3, -0.25) is 0 Å². The number of phenolic OH excluding ortho intramolecular Hbond substituents is 1. The van der Waals surface area contributed by atoms with E-state index in [0.29, 0.717) is 5.39 Å². The topological polar surface area (TPSA) is 46.0 Å². The van der Waals surface area contributed by atoms with Crippen molar-refractivity contribution < 1.29 is 13.9 Å². The highest BCUT2D eigenvalue weighted by Gasteiger charge is 2.14. The first-order valence-electron chi connectivity index (χ1n) is 5.56. The van der Waals surface area contributed by atoms with Crippen molar-refractivity contribution in [3.05, 3.63) is 54.2 Å². The van der Waals surface area contributed by atoms with E-state index in [0.717, 1.165) is 12.1 Å². The van der Waals surface area contributed by atoms with Crippen molar-refractivity contribution in [2.45, 2.75) is 0 Å². The van der Waals surface area contributed by atoms with Crippen LogP contribution >= 0.6 is 0 Å². The molecule has 0 fully saturated rings. The Hall–Kier alpha value is -2.56. The zero-order valence-corrected chi connectivity index (χ0v) is 9.64. The number of aromatic nitrogens is 2. The maximum absolute atomic E-state index is 13.7. The lowest BCUT2D eigenvalue weighted by atomic mass is 10.1. The van der Waals surface area contributed by atoms with E-state index in [9.17, 15) is 13.9 Å². The van der Waals surface area contributed by atoms with Crippen molar-refractivity contribution in [2.75, 3.05) is 0 Å². The van der Waals surface area contributed by atoms with Gasteiger partial charge >= 0.3 is 0 Å². The number of halogens is 2. The van der Waals surface area contributed by atoms with Crippen LogP contribution in [-0.4, -0.2) is 15.1 Å². The summed E-state index contributed by atoms with van der Waals surface area (Å²) >= 11 is 0. The van der Waals surface area contributed by atoms with Gasteiger partial charge in [0.05, 0.1) is 5.56 Å².